The van der Waals surface area contributed by atoms with E-state index in [0.717, 1.165) is 32.1 Å². The lowest BCUT2D eigenvalue weighted by molar-refractivity contribution is -0.368. The second kappa shape index (κ2) is 15.1. The predicted octanol–water partition coefficient (Wildman–Crippen LogP) is 2.56. The summed E-state index contributed by atoms with van der Waals surface area (Å²) in [5.74, 6) is 0.116. The molecule has 0 amide bonds. The molecule has 6 aliphatic rings. The van der Waals surface area contributed by atoms with Crippen LogP contribution in [0.1, 0.15) is 99.8 Å². The summed E-state index contributed by atoms with van der Waals surface area (Å²) in [4.78, 5) is 0. The maximum Gasteiger partial charge on any atom is 0.186 e. The number of rotatable bonds is 9. The zero-order chi connectivity index (χ0) is 39.0. The number of hydrogen-bond donors (Lipinski definition) is 8. The van der Waals surface area contributed by atoms with Gasteiger partial charge in [0.2, 0.25) is 0 Å². The first-order chi connectivity index (χ1) is 24.7. The van der Waals surface area contributed by atoms with Crippen LogP contribution in [-0.4, -0.2) is 128 Å². The summed E-state index contributed by atoms with van der Waals surface area (Å²) in [6.45, 7) is 18.9. The van der Waals surface area contributed by atoms with Crippen molar-refractivity contribution in [1.29, 1.82) is 0 Å². The SMILES string of the molecule is C=C(CCC=C(C)C)[C@H]1CC[C@]2(C)[C@@H]1[C@H](O)C[C@@H]1[C@@]3(C)CC[C@H](O)C(C)(C)C3[C@@H](O[C@@H]3O[C@H](CO)[C@@H](O)[C@H](O[C@@H]4OC[C@@H](O)[C@H](O)[C@H]4O)[C@H]3O)C[C@]12C. The number of ether oxygens (including phenoxy) is 4. The van der Waals surface area contributed by atoms with E-state index in [1.165, 1.54) is 11.1 Å². The van der Waals surface area contributed by atoms with E-state index in [1.54, 1.807) is 0 Å². The van der Waals surface area contributed by atoms with Crippen LogP contribution in [0, 0.1) is 45.3 Å². The maximum absolute atomic E-state index is 12.2. The Labute approximate surface area is 315 Å². The van der Waals surface area contributed by atoms with E-state index < -0.39 is 85.6 Å². The quantitative estimate of drug-likeness (QED) is 0.127. The van der Waals surface area contributed by atoms with E-state index in [-0.39, 0.29) is 46.5 Å². The molecular weight excluding hydrogens is 684 g/mol. The van der Waals surface area contributed by atoms with E-state index >= 15 is 0 Å². The molecule has 1 unspecified atom stereocenters. The van der Waals surface area contributed by atoms with Crippen molar-refractivity contribution in [1.82, 2.24) is 0 Å². The lowest BCUT2D eigenvalue weighted by Gasteiger charge is -2.72. The number of aliphatic hydroxyl groups is 8. The summed E-state index contributed by atoms with van der Waals surface area (Å²) in [5, 5.41) is 87.7. The molecule has 4 aliphatic carbocycles. The molecule has 6 fully saturated rings. The summed E-state index contributed by atoms with van der Waals surface area (Å²) in [7, 11) is 0. The lowest BCUT2D eigenvalue weighted by Crippen LogP contribution is -2.70. The van der Waals surface area contributed by atoms with Crippen molar-refractivity contribution in [3.8, 4) is 0 Å². The van der Waals surface area contributed by atoms with Gasteiger partial charge in [-0.25, -0.2) is 0 Å². The van der Waals surface area contributed by atoms with Gasteiger partial charge in [-0.1, -0.05) is 58.4 Å². The Morgan fingerprint density at radius 1 is 0.830 bits per heavy atom. The number of hydrogen-bond acceptors (Lipinski definition) is 12. The molecule has 0 spiro atoms. The Morgan fingerprint density at radius 3 is 2.19 bits per heavy atom. The molecule has 0 aromatic carbocycles. The summed E-state index contributed by atoms with van der Waals surface area (Å²) in [5.41, 5.74) is 0.915. The van der Waals surface area contributed by atoms with Gasteiger partial charge in [0.1, 0.15) is 42.7 Å². The fourth-order valence-corrected chi connectivity index (χ4v) is 12.8. The van der Waals surface area contributed by atoms with Crippen LogP contribution in [0.3, 0.4) is 0 Å². The minimum absolute atomic E-state index is 0.0185. The Bertz CT molecular complexity index is 1350. The van der Waals surface area contributed by atoms with Gasteiger partial charge < -0.3 is 59.8 Å². The van der Waals surface area contributed by atoms with Crippen LogP contribution >= 0.6 is 0 Å². The smallest absolute Gasteiger partial charge is 0.186 e. The molecule has 0 aromatic heterocycles. The van der Waals surface area contributed by atoms with Gasteiger partial charge in [-0.2, -0.15) is 0 Å². The van der Waals surface area contributed by atoms with Gasteiger partial charge in [0.15, 0.2) is 12.6 Å². The van der Waals surface area contributed by atoms with Crippen molar-refractivity contribution in [2.75, 3.05) is 13.2 Å². The summed E-state index contributed by atoms with van der Waals surface area (Å²) >= 11 is 0. The zero-order valence-electron chi connectivity index (χ0n) is 32.8. The fourth-order valence-electron chi connectivity index (χ4n) is 12.8. The van der Waals surface area contributed by atoms with Crippen LogP contribution in [0.25, 0.3) is 0 Å². The van der Waals surface area contributed by atoms with Crippen molar-refractivity contribution >= 4 is 0 Å². The van der Waals surface area contributed by atoms with Gasteiger partial charge in [-0.05, 0) is 111 Å². The van der Waals surface area contributed by atoms with Gasteiger partial charge in [-0.15, -0.1) is 0 Å². The highest BCUT2D eigenvalue weighted by Crippen LogP contribution is 2.76. The average molecular weight is 753 g/mol. The molecule has 6 rings (SSSR count). The number of aliphatic hydroxyl groups excluding tert-OH is 8. The minimum Gasteiger partial charge on any atom is -0.394 e. The Balaban J connectivity index is 1.33. The van der Waals surface area contributed by atoms with Gasteiger partial charge in [-0.3, -0.25) is 0 Å². The molecule has 0 bridgehead atoms. The maximum atomic E-state index is 12.2. The van der Waals surface area contributed by atoms with Crippen LogP contribution in [0.2, 0.25) is 0 Å². The highest BCUT2D eigenvalue weighted by molar-refractivity contribution is 5.24. The van der Waals surface area contributed by atoms with E-state index in [0.29, 0.717) is 19.3 Å². The second-order valence-corrected chi connectivity index (χ2v) is 19.1. The summed E-state index contributed by atoms with van der Waals surface area (Å²) in [6, 6.07) is 0. The van der Waals surface area contributed by atoms with E-state index in [1.807, 2.05) is 0 Å². The molecule has 0 radical (unpaired) electrons. The molecule has 0 aromatic rings. The highest BCUT2D eigenvalue weighted by atomic mass is 16.7. The fraction of sp³-hybridized carbons (Fsp3) is 0.902. The first-order valence-corrected chi connectivity index (χ1v) is 20.0. The topological polar surface area (TPSA) is 199 Å². The summed E-state index contributed by atoms with van der Waals surface area (Å²) < 4.78 is 24.4. The molecule has 304 valence electrons. The van der Waals surface area contributed by atoms with Crippen LogP contribution in [0.15, 0.2) is 23.8 Å². The normalized spacial score (nSPS) is 52.2. The Morgan fingerprint density at radius 2 is 1.53 bits per heavy atom. The predicted molar refractivity (Wildman–Crippen MR) is 195 cm³/mol. The zero-order valence-corrected chi connectivity index (χ0v) is 32.8. The molecule has 53 heavy (non-hydrogen) atoms. The van der Waals surface area contributed by atoms with Gasteiger partial charge in [0, 0.05) is 0 Å². The van der Waals surface area contributed by atoms with Gasteiger partial charge >= 0.3 is 0 Å². The third-order valence-corrected chi connectivity index (χ3v) is 15.6. The molecule has 4 saturated carbocycles. The highest BCUT2D eigenvalue weighted by Gasteiger charge is 2.73. The molecule has 8 N–H and O–H groups in total. The third-order valence-electron chi connectivity index (χ3n) is 15.6. The number of fused-ring (bicyclic) bond motifs is 5. The molecule has 2 heterocycles. The monoisotopic (exact) mass is 752 g/mol. The van der Waals surface area contributed by atoms with E-state index in [9.17, 15) is 40.9 Å². The first-order valence-electron chi connectivity index (χ1n) is 20.0. The van der Waals surface area contributed by atoms with Gasteiger partial charge in [0.05, 0.1) is 31.5 Å². The number of allylic oxidation sites excluding steroid dienone is 3. The molecule has 19 atom stereocenters. The average Bonchev–Trinajstić information content (AvgIpc) is 3.47. The van der Waals surface area contributed by atoms with Gasteiger partial charge in [0.25, 0.3) is 0 Å². The van der Waals surface area contributed by atoms with Crippen molar-refractivity contribution in [3.05, 3.63) is 23.8 Å². The standard InChI is InChI=1S/C41H68O12/c1-20(2)10-9-11-21(3)22-12-15-40(7)29(22)23(43)16-27-39(6)14-13-28(45)38(4,5)35(39)25(17-41(27,40)8)51-37-33(49)34(31(47)26(18-42)52-37)53-36-32(48)30(46)24(44)19-50-36/h10,22-37,42-49H,3,9,11-19H2,1-2,4-8H3/t22-,23-,24-,25+,26-,27-,28+,29+,30+,31-,32-,33-,34+,35?,36+,37-,39-,40-,41-/m1/s1. The first kappa shape index (κ1) is 41.6. The Hall–Kier alpha value is -1.00. The molecule has 2 saturated heterocycles. The van der Waals surface area contributed by atoms with Crippen molar-refractivity contribution in [2.24, 2.45) is 45.3 Å². The van der Waals surface area contributed by atoms with E-state index in [2.05, 4.69) is 61.1 Å². The van der Waals surface area contributed by atoms with Crippen LogP contribution in [0.5, 0.6) is 0 Å². The molecule has 12 heteroatoms. The van der Waals surface area contributed by atoms with Crippen LogP contribution in [0.4, 0.5) is 0 Å². The molecule has 2 aliphatic heterocycles. The van der Waals surface area contributed by atoms with Crippen molar-refractivity contribution in [2.45, 2.75) is 173 Å². The largest absolute Gasteiger partial charge is 0.394 e. The Kier molecular flexibility index (Phi) is 11.8. The summed E-state index contributed by atoms with van der Waals surface area (Å²) in [6.07, 6.45) is -6.39. The second-order valence-electron chi connectivity index (χ2n) is 19.1. The lowest BCUT2D eigenvalue weighted by atomic mass is 9.34. The molecule has 12 nitrogen and oxygen atoms in total. The van der Waals surface area contributed by atoms with E-state index in [4.69, 9.17) is 18.9 Å². The van der Waals surface area contributed by atoms with Crippen molar-refractivity contribution in [3.63, 3.8) is 0 Å². The third kappa shape index (κ3) is 6.82. The minimum atomic E-state index is -1.66. The van der Waals surface area contributed by atoms with Crippen LogP contribution in [-0.2, 0) is 18.9 Å². The molecular formula is C41H68O12. The van der Waals surface area contributed by atoms with Crippen LogP contribution < -0.4 is 0 Å². The van der Waals surface area contributed by atoms with Crippen molar-refractivity contribution < 1.29 is 59.8 Å².